The van der Waals surface area contributed by atoms with Gasteiger partial charge in [0, 0.05) is 25.1 Å². The minimum absolute atomic E-state index is 0.0605. The second-order valence-electron chi connectivity index (χ2n) is 3.78. The first-order chi connectivity index (χ1) is 8.06. The predicted molar refractivity (Wildman–Crippen MR) is 76.0 cm³/mol. The van der Waals surface area contributed by atoms with Gasteiger partial charge in [0.2, 0.25) is 5.91 Å². The smallest absolute Gasteiger partial charge is 0.228 e. The summed E-state index contributed by atoms with van der Waals surface area (Å²) < 4.78 is 0.896. The third-order valence-corrected chi connectivity index (χ3v) is 4.06. The number of aromatic nitrogens is 1. The zero-order valence-electron chi connectivity index (χ0n) is 9.22. The van der Waals surface area contributed by atoms with Gasteiger partial charge in [-0.3, -0.25) is 9.59 Å². The van der Waals surface area contributed by atoms with Crippen molar-refractivity contribution in [1.29, 1.82) is 0 Å². The molecule has 2 rings (SSSR count). The Kier molecular flexibility index (Phi) is 4.03. The second kappa shape index (κ2) is 5.34. The van der Waals surface area contributed by atoms with Gasteiger partial charge in [-0.1, -0.05) is 11.8 Å². The summed E-state index contributed by atoms with van der Waals surface area (Å²) >= 11 is 3.37. The summed E-state index contributed by atoms with van der Waals surface area (Å²) in [4.78, 5) is 28.7. The summed E-state index contributed by atoms with van der Waals surface area (Å²) in [7, 11) is 0. The molecule has 0 radical (unpaired) electrons. The van der Waals surface area contributed by atoms with Crippen molar-refractivity contribution in [2.75, 3.05) is 11.4 Å². The van der Waals surface area contributed by atoms with Crippen molar-refractivity contribution in [2.45, 2.75) is 18.6 Å². The summed E-state index contributed by atoms with van der Waals surface area (Å²) in [5, 5.41) is 0.129. The van der Waals surface area contributed by atoms with Gasteiger partial charge in [-0.05, 0) is 34.7 Å². The fraction of sp³-hybridized carbons (Fsp3) is 0.364. The number of anilines is 1. The molecule has 1 aliphatic heterocycles. The lowest BCUT2D eigenvalue weighted by Gasteiger charge is -2.15. The first kappa shape index (κ1) is 12.8. The van der Waals surface area contributed by atoms with E-state index in [1.807, 2.05) is 12.1 Å². The molecule has 2 heterocycles. The van der Waals surface area contributed by atoms with E-state index in [2.05, 4.69) is 27.6 Å². The van der Waals surface area contributed by atoms with E-state index in [1.165, 1.54) is 18.7 Å². The van der Waals surface area contributed by atoms with Gasteiger partial charge in [-0.2, -0.15) is 0 Å². The summed E-state index contributed by atoms with van der Waals surface area (Å²) in [6.07, 6.45) is 2.12. The molecule has 0 spiro atoms. The Bertz CT molecular complexity index is 449. The lowest BCUT2D eigenvalue weighted by Crippen LogP contribution is -2.25. The normalized spacial score (nSPS) is 19.8. The van der Waals surface area contributed by atoms with Gasteiger partial charge < -0.3 is 4.90 Å². The highest BCUT2D eigenvalue weighted by Crippen LogP contribution is 2.28. The molecule has 17 heavy (non-hydrogen) atoms. The zero-order valence-corrected chi connectivity index (χ0v) is 12.2. The summed E-state index contributed by atoms with van der Waals surface area (Å²) in [6, 6.07) is 3.75. The highest BCUT2D eigenvalue weighted by atomic mass is 127. The van der Waals surface area contributed by atoms with Crippen LogP contribution in [0.1, 0.15) is 13.3 Å². The summed E-state index contributed by atoms with van der Waals surface area (Å²) in [6.45, 7) is 2.12. The lowest BCUT2D eigenvalue weighted by molar-refractivity contribution is -0.117. The molecule has 90 valence electrons. The van der Waals surface area contributed by atoms with Crippen LogP contribution in [0.25, 0.3) is 0 Å². The van der Waals surface area contributed by atoms with Crippen LogP contribution in [-0.2, 0) is 9.59 Å². The molecule has 1 amide bonds. The average Bonchev–Trinajstić information content (AvgIpc) is 2.59. The second-order valence-corrected chi connectivity index (χ2v) is 6.36. The molecule has 1 atom stereocenters. The summed E-state index contributed by atoms with van der Waals surface area (Å²) in [5.74, 6) is 0.0618. The number of hydrogen-bond donors (Lipinski definition) is 0. The predicted octanol–water partition coefficient (Wildman–Crippen LogP) is 2.07. The molecule has 1 fully saturated rings. The van der Waals surface area contributed by atoms with Gasteiger partial charge in [0.05, 0.1) is 11.9 Å². The Hall–Kier alpha value is -0.630. The van der Waals surface area contributed by atoms with E-state index in [0.717, 1.165) is 9.39 Å². The van der Waals surface area contributed by atoms with Gasteiger partial charge in [0.25, 0.3) is 0 Å². The highest BCUT2D eigenvalue weighted by Gasteiger charge is 2.31. The molecule has 0 aromatic carbocycles. The molecule has 1 aliphatic rings. The van der Waals surface area contributed by atoms with E-state index >= 15 is 0 Å². The van der Waals surface area contributed by atoms with Crippen LogP contribution < -0.4 is 4.90 Å². The number of pyridine rings is 1. The summed E-state index contributed by atoms with van der Waals surface area (Å²) in [5.41, 5.74) is 0.807. The maximum atomic E-state index is 11.8. The largest absolute Gasteiger partial charge is 0.310 e. The average molecular weight is 362 g/mol. The van der Waals surface area contributed by atoms with Gasteiger partial charge in [0.1, 0.15) is 3.70 Å². The fourth-order valence-electron chi connectivity index (χ4n) is 1.77. The molecule has 0 aliphatic carbocycles. The van der Waals surface area contributed by atoms with E-state index in [0.29, 0.717) is 13.0 Å². The molecule has 4 nitrogen and oxygen atoms in total. The molecule has 1 aromatic heterocycles. The quantitative estimate of drug-likeness (QED) is 0.597. The number of halogens is 1. The van der Waals surface area contributed by atoms with E-state index in [9.17, 15) is 9.59 Å². The van der Waals surface area contributed by atoms with Crippen molar-refractivity contribution in [3.05, 3.63) is 22.0 Å². The van der Waals surface area contributed by atoms with Crippen molar-refractivity contribution in [2.24, 2.45) is 0 Å². The number of rotatable bonds is 2. The van der Waals surface area contributed by atoms with Crippen molar-refractivity contribution in [3.8, 4) is 0 Å². The third-order valence-electron chi connectivity index (χ3n) is 2.45. The maximum absolute atomic E-state index is 11.8. The fourth-order valence-corrected chi connectivity index (χ4v) is 3.00. The third kappa shape index (κ3) is 3.19. The van der Waals surface area contributed by atoms with Gasteiger partial charge in [-0.15, -0.1) is 0 Å². The molecule has 0 N–H and O–H groups in total. The Balaban J connectivity index is 2.10. The van der Waals surface area contributed by atoms with E-state index in [-0.39, 0.29) is 16.3 Å². The number of hydrogen-bond acceptors (Lipinski definition) is 4. The SMILES string of the molecule is CC(=O)SC1CC(=O)N(c2ccc(I)nc2)C1. The Morgan fingerprint density at radius 2 is 2.35 bits per heavy atom. The molecule has 1 aromatic rings. The number of thioether (sulfide) groups is 1. The number of nitrogens with zero attached hydrogens (tertiary/aromatic N) is 2. The van der Waals surface area contributed by atoms with Crippen LogP contribution in [-0.4, -0.2) is 27.8 Å². The first-order valence-electron chi connectivity index (χ1n) is 5.15. The highest BCUT2D eigenvalue weighted by molar-refractivity contribution is 14.1. The van der Waals surface area contributed by atoms with Crippen LogP contribution in [0, 0.1) is 3.70 Å². The molecule has 6 heteroatoms. The topological polar surface area (TPSA) is 50.3 Å². The van der Waals surface area contributed by atoms with Crippen LogP contribution in [0.2, 0.25) is 0 Å². The van der Waals surface area contributed by atoms with E-state index < -0.39 is 0 Å². The van der Waals surface area contributed by atoms with Gasteiger partial charge >= 0.3 is 0 Å². The van der Waals surface area contributed by atoms with Gasteiger partial charge in [-0.25, -0.2) is 4.98 Å². The number of carbonyl (C=O) groups is 2. The maximum Gasteiger partial charge on any atom is 0.228 e. The minimum Gasteiger partial charge on any atom is -0.310 e. The Labute approximate surface area is 117 Å². The standard InChI is InChI=1S/C11H11IN2O2S/c1-7(15)17-9-4-11(16)14(6-9)8-2-3-10(12)13-5-8/h2-3,5,9H,4,6H2,1H3. The lowest BCUT2D eigenvalue weighted by atomic mass is 10.4. The molecule has 0 bridgehead atoms. The number of amides is 1. The molecular formula is C11H11IN2O2S. The monoisotopic (exact) mass is 362 g/mol. The Morgan fingerprint density at radius 3 is 2.94 bits per heavy atom. The van der Waals surface area contributed by atoms with Crippen LogP contribution in [0.5, 0.6) is 0 Å². The Morgan fingerprint density at radius 1 is 1.59 bits per heavy atom. The minimum atomic E-state index is 0.0605. The molecule has 1 unspecified atom stereocenters. The number of carbonyl (C=O) groups excluding carboxylic acids is 2. The zero-order chi connectivity index (χ0) is 12.4. The molecule has 0 saturated carbocycles. The van der Waals surface area contributed by atoms with Crippen LogP contribution in [0.3, 0.4) is 0 Å². The molecule has 1 saturated heterocycles. The van der Waals surface area contributed by atoms with E-state index in [4.69, 9.17) is 0 Å². The van der Waals surface area contributed by atoms with Crippen molar-refractivity contribution < 1.29 is 9.59 Å². The van der Waals surface area contributed by atoms with Crippen molar-refractivity contribution in [1.82, 2.24) is 4.98 Å². The first-order valence-corrected chi connectivity index (χ1v) is 7.11. The van der Waals surface area contributed by atoms with Crippen LogP contribution >= 0.6 is 34.4 Å². The van der Waals surface area contributed by atoms with Crippen molar-refractivity contribution in [3.63, 3.8) is 0 Å². The van der Waals surface area contributed by atoms with Crippen LogP contribution in [0.15, 0.2) is 18.3 Å². The van der Waals surface area contributed by atoms with Gasteiger partial charge in [0.15, 0.2) is 5.12 Å². The van der Waals surface area contributed by atoms with Crippen molar-refractivity contribution >= 4 is 51.1 Å². The van der Waals surface area contributed by atoms with Crippen LogP contribution in [0.4, 0.5) is 5.69 Å². The molecular weight excluding hydrogens is 351 g/mol. The van der Waals surface area contributed by atoms with E-state index in [1.54, 1.807) is 11.1 Å².